The number of aliphatic hydroxyl groups excluding tert-OH is 1. The zero-order chi connectivity index (χ0) is 34.8. The highest BCUT2D eigenvalue weighted by atomic mass is 16.6. The van der Waals surface area contributed by atoms with Gasteiger partial charge in [0.1, 0.15) is 35.9 Å². The van der Waals surface area contributed by atoms with Crippen LogP contribution >= 0.6 is 0 Å². The number of rotatable bonds is 8. The minimum atomic E-state index is -1.45. The largest absolute Gasteiger partial charge is 0.455 e. The number of hydrogen-bond donors (Lipinski definition) is 2. The van der Waals surface area contributed by atoms with E-state index in [9.17, 15) is 24.3 Å². The SMILES string of the molecule is C[C@@H]1NC(=O)CC/C=C\[C@@H]2O[C@@]34C=CCN(Cn5nnc6ccccc65)C(=O)[C@@H]3N(CCCCCO)C(=O)[C@H]4[C@@H]2C(=O)O[C@H]1c1ccccc1. The quantitative estimate of drug-likeness (QED) is 0.207. The lowest BCUT2D eigenvalue weighted by Crippen LogP contribution is -2.55. The summed E-state index contributed by atoms with van der Waals surface area (Å²) in [5.41, 5.74) is 0.712. The number of carbonyl (C=O) groups excluding carboxylic acids is 4. The van der Waals surface area contributed by atoms with Crippen molar-refractivity contribution >= 4 is 34.7 Å². The summed E-state index contributed by atoms with van der Waals surface area (Å²) in [6, 6.07) is 15.1. The number of carbonyl (C=O) groups is 4. The molecular weight excluding hydrogens is 640 g/mol. The Balaban J connectivity index is 1.27. The molecule has 0 bridgehead atoms. The third-order valence-electron chi connectivity index (χ3n) is 10.2. The Morgan fingerprint density at radius 1 is 0.980 bits per heavy atom. The van der Waals surface area contributed by atoms with E-state index in [1.165, 1.54) is 0 Å². The average molecular weight is 683 g/mol. The smallest absolute Gasteiger partial charge is 0.313 e. The number of hydrogen-bond acceptors (Lipinski definition) is 9. The molecule has 2 saturated heterocycles. The maximum Gasteiger partial charge on any atom is 0.313 e. The molecule has 262 valence electrons. The molecule has 0 aliphatic carbocycles. The van der Waals surface area contributed by atoms with Crippen molar-refractivity contribution < 1.29 is 33.8 Å². The van der Waals surface area contributed by atoms with Crippen LogP contribution < -0.4 is 5.32 Å². The van der Waals surface area contributed by atoms with Crippen LogP contribution in [0.5, 0.6) is 0 Å². The molecule has 5 heterocycles. The summed E-state index contributed by atoms with van der Waals surface area (Å²) in [5, 5.41) is 20.9. The second-order valence-corrected chi connectivity index (χ2v) is 13.4. The van der Waals surface area contributed by atoms with E-state index in [-0.39, 0.29) is 50.5 Å². The first-order valence-electron chi connectivity index (χ1n) is 17.4. The summed E-state index contributed by atoms with van der Waals surface area (Å²) in [7, 11) is 0. The molecule has 7 rings (SSSR count). The Morgan fingerprint density at radius 3 is 2.60 bits per heavy atom. The van der Waals surface area contributed by atoms with Gasteiger partial charge in [-0.2, -0.15) is 0 Å². The van der Waals surface area contributed by atoms with Gasteiger partial charge in [0.05, 0.1) is 23.6 Å². The molecule has 0 unspecified atom stereocenters. The van der Waals surface area contributed by atoms with Crippen molar-refractivity contribution in [2.75, 3.05) is 19.7 Å². The number of para-hydroxylation sites is 1. The van der Waals surface area contributed by atoms with E-state index in [2.05, 4.69) is 15.6 Å². The van der Waals surface area contributed by atoms with E-state index in [0.29, 0.717) is 36.8 Å². The molecule has 13 heteroatoms. The second kappa shape index (κ2) is 14.2. The van der Waals surface area contributed by atoms with Crippen LogP contribution in [-0.4, -0.2) is 97.1 Å². The van der Waals surface area contributed by atoms with Gasteiger partial charge in [-0.3, -0.25) is 19.2 Å². The van der Waals surface area contributed by atoms with E-state index < -0.39 is 47.7 Å². The Morgan fingerprint density at radius 2 is 1.78 bits per heavy atom. The van der Waals surface area contributed by atoms with E-state index in [4.69, 9.17) is 9.47 Å². The topological polar surface area (TPSA) is 156 Å². The second-order valence-electron chi connectivity index (χ2n) is 13.4. The maximum absolute atomic E-state index is 14.7. The van der Waals surface area contributed by atoms with Crippen LogP contribution in [0.1, 0.15) is 50.7 Å². The zero-order valence-electron chi connectivity index (χ0n) is 28.0. The molecule has 3 aromatic rings. The number of benzene rings is 2. The number of fused-ring (bicyclic) bond motifs is 3. The van der Waals surface area contributed by atoms with Gasteiger partial charge in [-0.15, -0.1) is 5.10 Å². The predicted molar refractivity (Wildman–Crippen MR) is 181 cm³/mol. The minimum Gasteiger partial charge on any atom is -0.455 e. The van der Waals surface area contributed by atoms with Gasteiger partial charge in [-0.05, 0) is 50.3 Å². The average Bonchev–Trinajstić information content (AvgIpc) is 3.71. The van der Waals surface area contributed by atoms with E-state index in [1.54, 1.807) is 39.6 Å². The number of ether oxygens (including phenoxy) is 2. The number of nitrogens with zero attached hydrogens (tertiary/aromatic N) is 5. The van der Waals surface area contributed by atoms with Gasteiger partial charge in [-0.25, -0.2) is 4.68 Å². The molecule has 1 aromatic heterocycles. The van der Waals surface area contributed by atoms with Crippen LogP contribution in [0.4, 0.5) is 0 Å². The molecule has 3 amide bonds. The summed E-state index contributed by atoms with van der Waals surface area (Å²) >= 11 is 0. The third-order valence-corrected chi connectivity index (χ3v) is 10.2. The van der Waals surface area contributed by atoms with Gasteiger partial charge in [0.25, 0.3) is 5.91 Å². The van der Waals surface area contributed by atoms with Crippen LogP contribution in [0.3, 0.4) is 0 Å². The van der Waals surface area contributed by atoms with E-state index in [1.807, 2.05) is 60.7 Å². The molecule has 7 atom stereocenters. The first-order valence-corrected chi connectivity index (χ1v) is 17.4. The molecule has 4 aliphatic heterocycles. The highest BCUT2D eigenvalue weighted by Gasteiger charge is 2.71. The molecule has 13 nitrogen and oxygen atoms in total. The van der Waals surface area contributed by atoms with E-state index in [0.717, 1.165) is 5.52 Å². The number of amides is 3. The fraction of sp³-hybridized carbons (Fsp3) is 0.459. The minimum absolute atomic E-state index is 0.0255. The van der Waals surface area contributed by atoms with Crippen molar-refractivity contribution in [3.63, 3.8) is 0 Å². The first kappa shape index (κ1) is 33.6. The monoisotopic (exact) mass is 682 g/mol. The van der Waals surface area contributed by atoms with Crippen molar-refractivity contribution in [2.45, 2.75) is 75.6 Å². The molecular formula is C37H42N6O7. The molecule has 2 fully saturated rings. The van der Waals surface area contributed by atoms with Gasteiger partial charge >= 0.3 is 5.97 Å². The third kappa shape index (κ3) is 6.09. The van der Waals surface area contributed by atoms with Gasteiger partial charge in [0, 0.05) is 26.1 Å². The van der Waals surface area contributed by atoms with Crippen LogP contribution in [-0.2, 0) is 35.3 Å². The molecule has 4 aliphatic rings. The number of likely N-dealkylation sites (tertiary alicyclic amines) is 1. The highest BCUT2D eigenvalue weighted by Crippen LogP contribution is 2.53. The fourth-order valence-electron chi connectivity index (χ4n) is 7.87. The van der Waals surface area contributed by atoms with Crippen LogP contribution in [0, 0.1) is 11.8 Å². The first-order chi connectivity index (χ1) is 24.3. The Labute approximate surface area is 289 Å². The lowest BCUT2D eigenvalue weighted by Gasteiger charge is -2.35. The lowest BCUT2D eigenvalue weighted by molar-refractivity contribution is -0.161. The molecule has 2 aromatic carbocycles. The van der Waals surface area contributed by atoms with Crippen molar-refractivity contribution in [3.8, 4) is 0 Å². The molecule has 50 heavy (non-hydrogen) atoms. The van der Waals surface area contributed by atoms with Gasteiger partial charge in [0.2, 0.25) is 11.8 Å². The van der Waals surface area contributed by atoms with Crippen LogP contribution in [0.25, 0.3) is 11.0 Å². The zero-order valence-corrected chi connectivity index (χ0v) is 28.0. The molecule has 0 saturated carbocycles. The predicted octanol–water partition coefficient (Wildman–Crippen LogP) is 2.67. The number of aromatic nitrogens is 3. The summed E-state index contributed by atoms with van der Waals surface area (Å²) in [4.78, 5) is 59.9. The fourth-order valence-corrected chi connectivity index (χ4v) is 7.87. The molecule has 1 spiro atoms. The Bertz CT molecular complexity index is 1810. The van der Waals surface area contributed by atoms with Crippen LogP contribution in [0.15, 0.2) is 78.9 Å². The summed E-state index contributed by atoms with van der Waals surface area (Å²) in [6.07, 6.45) is 7.83. The standard InChI is InChI=1S/C37H42N6O7/c1-24-32(25-13-4-2-5-14-25)49-36(48)30-28(17-8-9-18-29(45)38-24)50-37-19-12-20-41(23-43-27-16-7-6-15-26(27)39-40-43)35(47)33(37)42(34(46)31(30)37)21-10-3-11-22-44/h2,4-8,12-17,19,24,28,30-33,44H,3,9-11,18,20-23H2,1H3,(H,38,45)/b17-8-/t24-,28-,30+,31+,32+,33-,37+/m0/s1. The summed E-state index contributed by atoms with van der Waals surface area (Å²) in [5.74, 6) is -3.59. The number of aliphatic hydroxyl groups is 1. The normalized spacial score (nSPS) is 30.5. The number of cyclic esters (lactones) is 1. The number of nitrogens with one attached hydrogen (secondary N) is 1. The van der Waals surface area contributed by atoms with Gasteiger partial charge in [-0.1, -0.05) is 72.0 Å². The molecule has 2 N–H and O–H groups in total. The highest BCUT2D eigenvalue weighted by molar-refractivity contribution is 5.99. The van der Waals surface area contributed by atoms with Crippen molar-refractivity contribution in [1.82, 2.24) is 30.1 Å². The number of unbranched alkanes of at least 4 members (excludes halogenated alkanes) is 2. The Kier molecular flexibility index (Phi) is 9.52. The number of allylic oxidation sites excluding steroid dienone is 1. The summed E-state index contributed by atoms with van der Waals surface area (Å²) < 4.78 is 14.7. The van der Waals surface area contributed by atoms with Gasteiger partial charge in [0.15, 0.2) is 0 Å². The summed E-state index contributed by atoms with van der Waals surface area (Å²) in [6.45, 7) is 2.39. The van der Waals surface area contributed by atoms with Crippen LogP contribution in [0.2, 0.25) is 0 Å². The van der Waals surface area contributed by atoms with Gasteiger partial charge < -0.3 is 29.7 Å². The lowest BCUT2D eigenvalue weighted by atomic mass is 9.77. The number of esters is 1. The van der Waals surface area contributed by atoms with Crippen molar-refractivity contribution in [1.29, 1.82) is 0 Å². The Hall–Kier alpha value is -4.88. The van der Waals surface area contributed by atoms with E-state index >= 15 is 0 Å². The van der Waals surface area contributed by atoms with Crippen molar-refractivity contribution in [3.05, 3.63) is 84.5 Å². The van der Waals surface area contributed by atoms with Crippen molar-refractivity contribution in [2.24, 2.45) is 11.8 Å². The maximum atomic E-state index is 14.7. The molecule has 0 radical (unpaired) electrons.